The summed E-state index contributed by atoms with van der Waals surface area (Å²) in [7, 11) is 0. The summed E-state index contributed by atoms with van der Waals surface area (Å²) in [4.78, 5) is 8.85. The number of nitrogens with one attached hydrogen (secondary N) is 2. The van der Waals surface area contributed by atoms with Crippen LogP contribution in [0.2, 0.25) is 0 Å². The number of aliphatic hydroxyl groups is 1. The molecule has 140 valence electrons. The molecule has 1 aromatic rings. The largest absolute Gasteiger partial charge is 0.387 e. The summed E-state index contributed by atoms with van der Waals surface area (Å²) in [5.41, 5.74) is 1.23. The number of aromatic nitrogens is 1. The van der Waals surface area contributed by atoms with E-state index in [2.05, 4.69) is 36.4 Å². The Bertz CT molecular complexity index is 524. The Balaban J connectivity index is 1.95. The maximum atomic E-state index is 10.3. The van der Waals surface area contributed by atoms with Gasteiger partial charge in [0.2, 0.25) is 0 Å². The lowest BCUT2D eigenvalue weighted by Crippen LogP contribution is -2.40. The predicted octanol–water partition coefficient (Wildman–Crippen LogP) is 3.28. The lowest BCUT2D eigenvalue weighted by atomic mass is 9.78. The van der Waals surface area contributed by atoms with Gasteiger partial charge in [-0.15, -0.1) is 0 Å². The van der Waals surface area contributed by atoms with E-state index in [1.807, 2.05) is 12.1 Å². The number of guanidine groups is 1. The van der Waals surface area contributed by atoms with E-state index in [0.717, 1.165) is 24.6 Å². The Hall–Kier alpha value is -1.62. The minimum Gasteiger partial charge on any atom is -0.387 e. The van der Waals surface area contributed by atoms with Crippen LogP contribution in [0.5, 0.6) is 0 Å². The molecule has 1 unspecified atom stereocenters. The lowest BCUT2D eigenvalue weighted by Gasteiger charge is -2.29. The van der Waals surface area contributed by atoms with Crippen LogP contribution in [0.3, 0.4) is 0 Å². The maximum absolute atomic E-state index is 10.3. The molecule has 25 heavy (non-hydrogen) atoms. The number of pyridine rings is 1. The molecule has 1 fully saturated rings. The van der Waals surface area contributed by atoms with Crippen LogP contribution in [0.15, 0.2) is 29.5 Å². The molecule has 0 spiro atoms. The highest BCUT2D eigenvalue weighted by atomic mass is 16.3. The normalized spacial score (nSPS) is 18.4. The van der Waals surface area contributed by atoms with Gasteiger partial charge in [-0.3, -0.25) is 9.98 Å². The first-order valence-electron chi connectivity index (χ1n) is 9.65. The van der Waals surface area contributed by atoms with Gasteiger partial charge in [0.15, 0.2) is 5.96 Å². The first-order valence-corrected chi connectivity index (χ1v) is 9.65. The highest BCUT2D eigenvalue weighted by molar-refractivity contribution is 5.79. The van der Waals surface area contributed by atoms with Crippen molar-refractivity contribution in [2.75, 3.05) is 19.6 Å². The van der Waals surface area contributed by atoms with Crippen molar-refractivity contribution in [3.05, 3.63) is 30.1 Å². The first kappa shape index (κ1) is 19.7. The molecule has 1 saturated carbocycles. The summed E-state index contributed by atoms with van der Waals surface area (Å²) >= 11 is 0. The zero-order valence-electron chi connectivity index (χ0n) is 16.0. The average Bonchev–Trinajstić information content (AvgIpc) is 3.06. The second-order valence-corrected chi connectivity index (χ2v) is 7.68. The second-order valence-electron chi connectivity index (χ2n) is 7.68. The third kappa shape index (κ3) is 6.31. The molecule has 0 amide bonds. The van der Waals surface area contributed by atoms with Crippen molar-refractivity contribution >= 4 is 5.96 Å². The van der Waals surface area contributed by atoms with E-state index in [9.17, 15) is 5.11 Å². The Labute approximate surface area is 152 Å². The molecule has 1 aliphatic carbocycles. The SMILES string of the molecule is CCNC(=NCC1(CC(C)C)CCCC1)NCC(O)c1ccncc1. The van der Waals surface area contributed by atoms with E-state index in [0.29, 0.717) is 17.9 Å². The van der Waals surface area contributed by atoms with Crippen LogP contribution in [-0.4, -0.2) is 35.7 Å². The molecule has 1 aromatic heterocycles. The molecule has 0 bridgehead atoms. The van der Waals surface area contributed by atoms with E-state index in [1.54, 1.807) is 12.4 Å². The van der Waals surface area contributed by atoms with Crippen LogP contribution in [0.25, 0.3) is 0 Å². The topological polar surface area (TPSA) is 69.5 Å². The molecule has 0 radical (unpaired) electrons. The highest BCUT2D eigenvalue weighted by Crippen LogP contribution is 2.43. The zero-order chi connectivity index (χ0) is 18.1. The predicted molar refractivity (Wildman–Crippen MR) is 104 cm³/mol. The first-order chi connectivity index (χ1) is 12.0. The standard InChI is InChI=1S/C20H34N4O/c1-4-22-19(23-14-18(25)17-7-11-21-12-8-17)24-15-20(13-16(2)3)9-5-6-10-20/h7-8,11-12,16,18,25H,4-6,9-10,13-15H2,1-3H3,(H2,22,23,24). The van der Waals surface area contributed by atoms with Crippen LogP contribution >= 0.6 is 0 Å². The third-order valence-electron chi connectivity index (χ3n) is 4.98. The molecular weight excluding hydrogens is 312 g/mol. The molecule has 0 saturated heterocycles. The summed E-state index contributed by atoms with van der Waals surface area (Å²) in [6.07, 6.45) is 9.31. The van der Waals surface area contributed by atoms with E-state index >= 15 is 0 Å². The zero-order valence-corrected chi connectivity index (χ0v) is 16.0. The molecule has 5 nitrogen and oxygen atoms in total. The van der Waals surface area contributed by atoms with Gasteiger partial charge in [-0.05, 0) is 55.2 Å². The molecular formula is C20H34N4O. The van der Waals surface area contributed by atoms with Gasteiger partial charge in [0.1, 0.15) is 0 Å². The van der Waals surface area contributed by atoms with Gasteiger partial charge >= 0.3 is 0 Å². The summed E-state index contributed by atoms with van der Waals surface area (Å²) in [5, 5.41) is 16.9. The van der Waals surface area contributed by atoms with Crippen LogP contribution in [0, 0.1) is 11.3 Å². The second kappa shape index (κ2) is 9.76. The quantitative estimate of drug-likeness (QED) is 0.499. The number of aliphatic hydroxyl groups excluding tert-OH is 1. The lowest BCUT2D eigenvalue weighted by molar-refractivity contribution is 0.180. The number of hydrogen-bond donors (Lipinski definition) is 3. The van der Waals surface area contributed by atoms with E-state index in [-0.39, 0.29) is 0 Å². The fourth-order valence-electron chi connectivity index (χ4n) is 3.90. The molecule has 1 heterocycles. The van der Waals surface area contributed by atoms with Gasteiger partial charge < -0.3 is 15.7 Å². The van der Waals surface area contributed by atoms with Crippen molar-refractivity contribution in [1.29, 1.82) is 0 Å². The molecule has 2 rings (SSSR count). The van der Waals surface area contributed by atoms with E-state index in [4.69, 9.17) is 4.99 Å². The van der Waals surface area contributed by atoms with Crippen molar-refractivity contribution in [3.63, 3.8) is 0 Å². The molecule has 5 heteroatoms. The third-order valence-corrected chi connectivity index (χ3v) is 4.98. The van der Waals surface area contributed by atoms with Crippen LogP contribution in [0.4, 0.5) is 0 Å². The van der Waals surface area contributed by atoms with E-state index in [1.165, 1.54) is 32.1 Å². The van der Waals surface area contributed by atoms with Gasteiger partial charge in [0.25, 0.3) is 0 Å². The van der Waals surface area contributed by atoms with Gasteiger partial charge in [-0.2, -0.15) is 0 Å². The van der Waals surface area contributed by atoms with Crippen LogP contribution in [0.1, 0.15) is 64.5 Å². The summed E-state index contributed by atoms with van der Waals surface area (Å²) in [5.74, 6) is 1.50. The van der Waals surface area contributed by atoms with Crippen molar-refractivity contribution in [1.82, 2.24) is 15.6 Å². The smallest absolute Gasteiger partial charge is 0.191 e. The van der Waals surface area contributed by atoms with Crippen molar-refractivity contribution in [3.8, 4) is 0 Å². The number of nitrogens with zero attached hydrogens (tertiary/aromatic N) is 2. The van der Waals surface area contributed by atoms with Crippen molar-refractivity contribution < 1.29 is 5.11 Å². The monoisotopic (exact) mass is 346 g/mol. The van der Waals surface area contributed by atoms with Gasteiger partial charge in [-0.1, -0.05) is 26.7 Å². The maximum Gasteiger partial charge on any atom is 0.191 e. The summed E-state index contributed by atoms with van der Waals surface area (Å²) < 4.78 is 0. The van der Waals surface area contributed by atoms with Crippen LogP contribution in [-0.2, 0) is 0 Å². The fraction of sp³-hybridized carbons (Fsp3) is 0.700. The summed E-state index contributed by atoms with van der Waals surface area (Å²) in [6.45, 7) is 8.79. The Kier molecular flexibility index (Phi) is 7.69. The molecule has 1 atom stereocenters. The van der Waals surface area contributed by atoms with Gasteiger partial charge in [-0.25, -0.2) is 0 Å². The Morgan fingerprint density at radius 3 is 2.52 bits per heavy atom. The molecule has 1 aliphatic rings. The van der Waals surface area contributed by atoms with Crippen molar-refractivity contribution in [2.45, 2.75) is 59.0 Å². The van der Waals surface area contributed by atoms with E-state index < -0.39 is 6.10 Å². The molecule has 0 aliphatic heterocycles. The fourth-order valence-corrected chi connectivity index (χ4v) is 3.90. The average molecular weight is 347 g/mol. The number of rotatable bonds is 8. The van der Waals surface area contributed by atoms with Crippen molar-refractivity contribution in [2.24, 2.45) is 16.3 Å². The number of aliphatic imine (C=N–C) groups is 1. The summed E-state index contributed by atoms with van der Waals surface area (Å²) in [6, 6.07) is 3.68. The minimum atomic E-state index is -0.567. The molecule has 0 aromatic carbocycles. The molecule has 3 N–H and O–H groups in total. The van der Waals surface area contributed by atoms with Gasteiger partial charge in [0.05, 0.1) is 6.10 Å². The Morgan fingerprint density at radius 1 is 1.24 bits per heavy atom. The minimum absolute atomic E-state index is 0.361. The Morgan fingerprint density at radius 2 is 1.92 bits per heavy atom. The van der Waals surface area contributed by atoms with Gasteiger partial charge in [0, 0.05) is 32.0 Å². The van der Waals surface area contributed by atoms with Crippen LogP contribution < -0.4 is 10.6 Å². The highest BCUT2D eigenvalue weighted by Gasteiger charge is 2.34. The number of hydrogen-bond acceptors (Lipinski definition) is 3.